The Morgan fingerprint density at radius 3 is 2.60 bits per heavy atom. The van der Waals surface area contributed by atoms with Crippen LogP contribution in [0.3, 0.4) is 0 Å². The van der Waals surface area contributed by atoms with Crippen molar-refractivity contribution in [2.45, 2.75) is 6.92 Å². The molecule has 0 N–H and O–H groups in total. The van der Waals surface area contributed by atoms with Crippen LogP contribution in [0.1, 0.15) is 5.56 Å². The Hall–Kier alpha value is -0.610. The van der Waals surface area contributed by atoms with Crippen LogP contribution in [0.4, 0.5) is 0 Å². The smallest absolute Gasteiger partial charge is 0.132 e. The van der Waals surface area contributed by atoms with Gasteiger partial charge in [0.25, 0.3) is 0 Å². The van der Waals surface area contributed by atoms with Gasteiger partial charge in [-0.05, 0) is 40.5 Å². The van der Waals surface area contributed by atoms with Crippen molar-refractivity contribution in [2.75, 3.05) is 0 Å². The third-order valence-electron chi connectivity index (χ3n) is 2.35. The van der Waals surface area contributed by atoms with E-state index in [4.69, 9.17) is 0 Å². The quantitative estimate of drug-likeness (QED) is 0.775. The van der Waals surface area contributed by atoms with E-state index in [-0.39, 0.29) is 0 Å². The van der Waals surface area contributed by atoms with E-state index in [1.165, 1.54) is 11.1 Å². The zero-order chi connectivity index (χ0) is 11.0. The van der Waals surface area contributed by atoms with Crippen molar-refractivity contribution in [3.63, 3.8) is 0 Å². The van der Waals surface area contributed by atoms with Gasteiger partial charge in [0.05, 0.1) is 12.0 Å². The van der Waals surface area contributed by atoms with Gasteiger partial charge in [0, 0.05) is 17.1 Å². The summed E-state index contributed by atoms with van der Waals surface area (Å²) in [4.78, 5) is 4.23. The average molecular weight is 330 g/mol. The van der Waals surface area contributed by atoms with E-state index in [0.717, 1.165) is 14.8 Å². The number of aryl methyl sites for hydroxylation is 2. The van der Waals surface area contributed by atoms with Crippen LogP contribution in [0.2, 0.25) is 0 Å². The van der Waals surface area contributed by atoms with Crippen LogP contribution >= 0.6 is 31.9 Å². The summed E-state index contributed by atoms with van der Waals surface area (Å²) in [5.74, 6) is 0. The van der Waals surface area contributed by atoms with Crippen LogP contribution in [-0.4, -0.2) is 9.55 Å². The normalized spacial score (nSPS) is 10.7. The number of imidazole rings is 1. The third kappa shape index (κ3) is 2.01. The van der Waals surface area contributed by atoms with Crippen molar-refractivity contribution in [1.29, 1.82) is 0 Å². The first-order valence-electron chi connectivity index (χ1n) is 4.53. The Kier molecular flexibility index (Phi) is 2.98. The lowest BCUT2D eigenvalue weighted by Gasteiger charge is -2.07. The summed E-state index contributed by atoms with van der Waals surface area (Å²) >= 11 is 6.95. The molecule has 0 fully saturated rings. The first-order chi connectivity index (χ1) is 7.09. The molecule has 0 saturated carbocycles. The Labute approximate surface area is 106 Å². The summed E-state index contributed by atoms with van der Waals surface area (Å²) in [7, 11) is 1.99. The SMILES string of the molecule is Cc1ccc(Br)cc1-c1c(Br)ncn1C. The Morgan fingerprint density at radius 2 is 2.00 bits per heavy atom. The maximum absolute atomic E-state index is 4.23. The van der Waals surface area contributed by atoms with Crippen molar-refractivity contribution in [2.24, 2.45) is 7.05 Å². The van der Waals surface area contributed by atoms with E-state index in [9.17, 15) is 0 Å². The number of nitrogens with zero attached hydrogens (tertiary/aromatic N) is 2. The van der Waals surface area contributed by atoms with Crippen molar-refractivity contribution in [3.8, 4) is 11.3 Å². The van der Waals surface area contributed by atoms with E-state index in [2.05, 4.69) is 55.9 Å². The van der Waals surface area contributed by atoms with Crippen LogP contribution in [0, 0.1) is 6.92 Å². The first-order valence-corrected chi connectivity index (χ1v) is 6.11. The second-order valence-electron chi connectivity index (χ2n) is 3.45. The minimum Gasteiger partial charge on any atom is -0.333 e. The number of aromatic nitrogens is 2. The maximum atomic E-state index is 4.23. The Morgan fingerprint density at radius 1 is 1.27 bits per heavy atom. The molecule has 1 aromatic heterocycles. The third-order valence-corrected chi connectivity index (χ3v) is 3.42. The van der Waals surface area contributed by atoms with Gasteiger partial charge in [-0.15, -0.1) is 0 Å². The minimum atomic E-state index is 0.881. The molecule has 0 aliphatic carbocycles. The molecule has 0 radical (unpaired) electrons. The van der Waals surface area contributed by atoms with Gasteiger partial charge in [0.2, 0.25) is 0 Å². The molecule has 0 amide bonds. The molecule has 15 heavy (non-hydrogen) atoms. The first kappa shape index (κ1) is 10.9. The molecular formula is C11H10Br2N2. The van der Waals surface area contributed by atoms with Gasteiger partial charge in [-0.3, -0.25) is 0 Å². The molecule has 0 unspecified atom stereocenters. The van der Waals surface area contributed by atoms with Crippen molar-refractivity contribution in [3.05, 3.63) is 39.2 Å². The second-order valence-corrected chi connectivity index (χ2v) is 5.12. The fourth-order valence-electron chi connectivity index (χ4n) is 1.55. The Bertz CT molecular complexity index is 484. The van der Waals surface area contributed by atoms with Crippen molar-refractivity contribution < 1.29 is 0 Å². The van der Waals surface area contributed by atoms with Gasteiger partial charge >= 0.3 is 0 Å². The van der Waals surface area contributed by atoms with Gasteiger partial charge in [-0.1, -0.05) is 22.0 Å². The van der Waals surface area contributed by atoms with Gasteiger partial charge in [0.15, 0.2) is 0 Å². The molecule has 1 aromatic carbocycles. The zero-order valence-corrected chi connectivity index (χ0v) is 11.6. The van der Waals surface area contributed by atoms with Crippen LogP contribution in [0.25, 0.3) is 11.3 Å². The van der Waals surface area contributed by atoms with Gasteiger partial charge < -0.3 is 4.57 Å². The largest absolute Gasteiger partial charge is 0.333 e. The molecule has 1 heterocycles. The molecule has 0 atom stereocenters. The molecule has 0 aliphatic rings. The predicted octanol–water partition coefficient (Wildman–Crippen LogP) is 3.92. The number of halogens is 2. The standard InChI is InChI=1S/C11H10Br2N2/c1-7-3-4-8(12)5-9(7)10-11(13)14-6-15(10)2/h3-6H,1-2H3. The van der Waals surface area contributed by atoms with Crippen LogP contribution in [-0.2, 0) is 7.05 Å². The molecule has 0 saturated heterocycles. The maximum Gasteiger partial charge on any atom is 0.132 e. The molecule has 0 spiro atoms. The van der Waals surface area contributed by atoms with E-state index >= 15 is 0 Å². The second kappa shape index (κ2) is 4.10. The van der Waals surface area contributed by atoms with Gasteiger partial charge in [0.1, 0.15) is 4.60 Å². The monoisotopic (exact) mass is 328 g/mol. The number of hydrogen-bond acceptors (Lipinski definition) is 1. The molecule has 78 valence electrons. The lowest BCUT2D eigenvalue weighted by Crippen LogP contribution is -1.92. The fraction of sp³-hybridized carbons (Fsp3) is 0.182. The molecule has 0 aliphatic heterocycles. The highest BCUT2D eigenvalue weighted by atomic mass is 79.9. The van der Waals surface area contributed by atoms with Crippen molar-refractivity contribution in [1.82, 2.24) is 9.55 Å². The lowest BCUT2D eigenvalue weighted by molar-refractivity contribution is 0.920. The zero-order valence-electron chi connectivity index (χ0n) is 8.46. The Balaban J connectivity index is 2.68. The molecule has 0 bridgehead atoms. The minimum absolute atomic E-state index is 0.881. The molecule has 2 rings (SSSR count). The molecule has 2 aromatic rings. The topological polar surface area (TPSA) is 17.8 Å². The molecule has 2 nitrogen and oxygen atoms in total. The van der Waals surface area contributed by atoms with Crippen LogP contribution in [0.5, 0.6) is 0 Å². The van der Waals surface area contributed by atoms with E-state index in [0.29, 0.717) is 0 Å². The highest BCUT2D eigenvalue weighted by Crippen LogP contribution is 2.31. The van der Waals surface area contributed by atoms with E-state index in [1.807, 2.05) is 17.7 Å². The highest BCUT2D eigenvalue weighted by Gasteiger charge is 2.11. The summed E-state index contributed by atoms with van der Waals surface area (Å²) in [6.45, 7) is 2.10. The summed E-state index contributed by atoms with van der Waals surface area (Å²) in [6.07, 6.45) is 1.81. The number of rotatable bonds is 1. The van der Waals surface area contributed by atoms with Gasteiger partial charge in [-0.25, -0.2) is 4.98 Å². The predicted molar refractivity (Wildman–Crippen MR) is 68.8 cm³/mol. The van der Waals surface area contributed by atoms with Crippen molar-refractivity contribution >= 4 is 31.9 Å². The van der Waals surface area contributed by atoms with E-state index < -0.39 is 0 Å². The molecular weight excluding hydrogens is 320 g/mol. The molecule has 4 heteroatoms. The highest BCUT2D eigenvalue weighted by molar-refractivity contribution is 9.10. The average Bonchev–Trinajstić information content (AvgIpc) is 2.51. The summed E-state index contributed by atoms with van der Waals surface area (Å²) in [5.41, 5.74) is 3.53. The summed E-state index contributed by atoms with van der Waals surface area (Å²) < 4.78 is 3.97. The fourth-order valence-corrected chi connectivity index (χ4v) is 2.50. The number of benzene rings is 1. The summed E-state index contributed by atoms with van der Waals surface area (Å²) in [6, 6.07) is 6.25. The number of hydrogen-bond donors (Lipinski definition) is 0. The van der Waals surface area contributed by atoms with E-state index in [1.54, 1.807) is 6.33 Å². The van der Waals surface area contributed by atoms with Crippen LogP contribution in [0.15, 0.2) is 33.6 Å². The summed E-state index contributed by atoms with van der Waals surface area (Å²) in [5, 5.41) is 0. The van der Waals surface area contributed by atoms with Crippen LogP contribution < -0.4 is 0 Å². The lowest BCUT2D eigenvalue weighted by atomic mass is 10.1. The van der Waals surface area contributed by atoms with Gasteiger partial charge in [-0.2, -0.15) is 0 Å².